The number of aromatic nitrogens is 2. The second-order valence-electron chi connectivity index (χ2n) is 2.29. The Bertz CT molecular complexity index is 517. The van der Waals surface area contributed by atoms with Gasteiger partial charge < -0.3 is 16.1 Å². The third-order valence-electron chi connectivity index (χ3n) is 1.49. The van der Waals surface area contributed by atoms with E-state index in [4.69, 9.17) is 27.0 Å². The molecule has 14 heavy (non-hydrogen) atoms. The van der Waals surface area contributed by atoms with Crippen molar-refractivity contribution in [3.63, 3.8) is 0 Å². The summed E-state index contributed by atoms with van der Waals surface area (Å²) in [5, 5.41) is 42.3. The van der Waals surface area contributed by atoms with Crippen molar-refractivity contribution in [3.8, 4) is 0 Å². The summed E-state index contributed by atoms with van der Waals surface area (Å²) in [6.07, 6.45) is 0. The van der Waals surface area contributed by atoms with Gasteiger partial charge in [-0.25, -0.2) is 0 Å². The predicted molar refractivity (Wildman–Crippen MR) is 40.7 cm³/mol. The molecule has 0 aliphatic rings. The lowest BCUT2D eigenvalue weighted by Gasteiger charge is -2.05. The summed E-state index contributed by atoms with van der Waals surface area (Å²) in [6, 6.07) is 0. The third kappa shape index (κ3) is 1.05. The van der Waals surface area contributed by atoms with Crippen molar-refractivity contribution in [3.05, 3.63) is 21.2 Å². The Labute approximate surface area is 76.6 Å². The largest absolute Gasteiger partial charge is 1.00 e. The Hall–Kier alpha value is -2.52. The highest BCUT2D eigenvalue weighted by Gasteiger charge is 2.22. The summed E-state index contributed by atoms with van der Waals surface area (Å²) >= 11 is 0. The molecule has 0 bridgehead atoms. The van der Waals surface area contributed by atoms with Crippen LogP contribution in [0.5, 0.6) is 0 Å². The lowest BCUT2D eigenvalue weighted by molar-refractivity contribution is -0.387. The number of rotatable bonds is 1. The van der Waals surface area contributed by atoms with Crippen molar-refractivity contribution in [1.29, 1.82) is 10.8 Å². The first kappa shape index (κ1) is 9.57. The van der Waals surface area contributed by atoms with Crippen LogP contribution in [-0.2, 0) is 0 Å². The van der Waals surface area contributed by atoms with Gasteiger partial charge in [-0.3, -0.25) is 20.9 Å². The van der Waals surface area contributed by atoms with E-state index in [1.165, 1.54) is 0 Å². The average Bonchev–Trinajstić information content (AvgIpc) is 2.11. The first-order chi connectivity index (χ1) is 6.37. The Kier molecular flexibility index (Phi) is 1.88. The SMILES string of the molecule is N=c1c([N+](=O)[O-])c(N)n(O)c(=N)n1O.[H+]. The molecule has 0 unspecified atom stereocenters. The lowest BCUT2D eigenvalue weighted by Crippen LogP contribution is -2.40. The maximum atomic E-state index is 10.4. The first-order valence-corrected chi connectivity index (χ1v) is 3.17. The number of nitrogens with two attached hydrogens (primary N) is 1. The lowest BCUT2D eigenvalue weighted by atomic mass is 10.5. The molecule has 0 saturated carbocycles. The third-order valence-corrected chi connectivity index (χ3v) is 1.49. The van der Waals surface area contributed by atoms with Crippen LogP contribution in [0.4, 0.5) is 11.5 Å². The van der Waals surface area contributed by atoms with Crippen LogP contribution in [0.3, 0.4) is 0 Å². The maximum absolute atomic E-state index is 10.4. The van der Waals surface area contributed by atoms with Crippen molar-refractivity contribution in [2.45, 2.75) is 0 Å². The number of anilines is 1. The van der Waals surface area contributed by atoms with Crippen LogP contribution < -0.4 is 16.8 Å². The van der Waals surface area contributed by atoms with Gasteiger partial charge in [-0.1, -0.05) is 0 Å². The molecule has 0 aliphatic carbocycles. The molecule has 0 aromatic carbocycles. The number of nitrogen functional groups attached to an aromatic ring is 1. The van der Waals surface area contributed by atoms with Gasteiger partial charge in [0.2, 0.25) is 11.3 Å². The highest BCUT2D eigenvalue weighted by Crippen LogP contribution is 2.10. The topological polar surface area (TPSA) is 167 Å². The van der Waals surface area contributed by atoms with E-state index in [2.05, 4.69) is 0 Å². The zero-order chi connectivity index (χ0) is 11.0. The molecule has 1 aromatic heterocycles. The molecule has 0 spiro atoms. The summed E-state index contributed by atoms with van der Waals surface area (Å²) < 4.78 is -0.273. The molecule has 1 rings (SSSR count). The van der Waals surface area contributed by atoms with E-state index >= 15 is 0 Å². The van der Waals surface area contributed by atoms with Gasteiger partial charge in [-0.2, -0.15) is 0 Å². The van der Waals surface area contributed by atoms with Crippen LogP contribution in [0.15, 0.2) is 0 Å². The summed E-state index contributed by atoms with van der Waals surface area (Å²) in [7, 11) is 0. The minimum atomic E-state index is -1.05. The van der Waals surface area contributed by atoms with Gasteiger partial charge in [-0.05, 0) is 0 Å². The van der Waals surface area contributed by atoms with Gasteiger partial charge in [-0.15, -0.1) is 9.46 Å². The minimum absolute atomic E-state index is 0. The van der Waals surface area contributed by atoms with Crippen LogP contribution >= 0.6 is 0 Å². The minimum Gasteiger partial charge on any atom is -0.423 e. The number of hydrogen-bond acceptors (Lipinski definition) is 7. The van der Waals surface area contributed by atoms with E-state index in [1.54, 1.807) is 0 Å². The van der Waals surface area contributed by atoms with Crippen molar-refractivity contribution in [2.24, 2.45) is 0 Å². The molecule has 0 aliphatic heterocycles. The Morgan fingerprint density at radius 1 is 1.43 bits per heavy atom. The summed E-state index contributed by atoms with van der Waals surface area (Å²) in [5.41, 5.74) is 2.14. The number of hydrogen-bond donors (Lipinski definition) is 5. The molecule has 0 radical (unpaired) electrons. The fourth-order valence-corrected chi connectivity index (χ4v) is 0.812. The van der Waals surface area contributed by atoms with Crippen LogP contribution in [0.2, 0.25) is 0 Å². The normalized spacial score (nSPS) is 10.0. The molecule has 10 heteroatoms. The van der Waals surface area contributed by atoms with Gasteiger partial charge in [0.1, 0.15) is 0 Å². The van der Waals surface area contributed by atoms with Crippen molar-refractivity contribution >= 4 is 11.5 Å². The quantitative estimate of drug-likeness (QED) is 0.208. The summed E-state index contributed by atoms with van der Waals surface area (Å²) in [4.78, 5) is 9.31. The molecule has 76 valence electrons. The molecule has 1 aromatic rings. The van der Waals surface area contributed by atoms with Gasteiger partial charge in [0.25, 0.3) is 5.62 Å². The van der Waals surface area contributed by atoms with Crippen molar-refractivity contribution in [2.75, 3.05) is 5.73 Å². The van der Waals surface area contributed by atoms with E-state index in [0.29, 0.717) is 0 Å². The summed E-state index contributed by atoms with van der Waals surface area (Å²) in [5.74, 6) is -0.796. The highest BCUT2D eigenvalue weighted by molar-refractivity contribution is 5.49. The monoisotopic (exact) mass is 203 g/mol. The van der Waals surface area contributed by atoms with Gasteiger partial charge in [0.05, 0.1) is 4.92 Å². The fourth-order valence-electron chi connectivity index (χ4n) is 0.812. The highest BCUT2D eigenvalue weighted by atomic mass is 16.6. The van der Waals surface area contributed by atoms with Crippen molar-refractivity contribution < 1.29 is 16.8 Å². The molecule has 0 atom stereocenters. The maximum Gasteiger partial charge on any atom is 1.00 e. The van der Waals surface area contributed by atoms with E-state index in [-0.39, 0.29) is 10.9 Å². The van der Waals surface area contributed by atoms with Crippen molar-refractivity contribution in [1.82, 2.24) is 9.46 Å². The van der Waals surface area contributed by atoms with E-state index in [0.717, 1.165) is 0 Å². The standard InChI is InChI=1S/C4H6N6O4/c5-2-1(10(13)14)3(6)9(12)4(7)8(2)11/h5,7,11-12H,6H2/p+1. The van der Waals surface area contributed by atoms with E-state index in [9.17, 15) is 10.1 Å². The molecule has 0 saturated heterocycles. The zero-order valence-electron chi connectivity index (χ0n) is 7.63. The van der Waals surface area contributed by atoms with Gasteiger partial charge in [0, 0.05) is 0 Å². The van der Waals surface area contributed by atoms with Crippen LogP contribution in [0.1, 0.15) is 1.43 Å². The Morgan fingerprint density at radius 2 is 1.93 bits per heavy atom. The van der Waals surface area contributed by atoms with E-state index < -0.39 is 27.5 Å². The van der Waals surface area contributed by atoms with Crippen LogP contribution in [-0.4, -0.2) is 24.8 Å². The first-order valence-electron chi connectivity index (χ1n) is 3.17. The molecular formula is C4H7N6O4+. The Morgan fingerprint density at radius 3 is 2.36 bits per heavy atom. The van der Waals surface area contributed by atoms with Gasteiger partial charge in [0.15, 0.2) is 0 Å². The summed E-state index contributed by atoms with van der Waals surface area (Å²) in [6.45, 7) is 0. The zero-order valence-corrected chi connectivity index (χ0v) is 6.63. The molecule has 10 nitrogen and oxygen atoms in total. The second-order valence-corrected chi connectivity index (χ2v) is 2.29. The molecule has 0 fully saturated rings. The number of nitrogens with one attached hydrogen (secondary N) is 2. The molecular weight excluding hydrogens is 196 g/mol. The fraction of sp³-hybridized carbons (Fsp3) is 0. The number of nitro groups is 1. The average molecular weight is 203 g/mol. The Balaban J connectivity index is 0.00000196. The van der Waals surface area contributed by atoms with E-state index in [1.807, 2.05) is 0 Å². The number of nitrogens with zero attached hydrogens (tertiary/aromatic N) is 3. The molecule has 0 amide bonds. The second kappa shape index (κ2) is 2.76. The molecule has 1 heterocycles. The van der Waals surface area contributed by atoms with Crippen LogP contribution in [0.25, 0.3) is 0 Å². The van der Waals surface area contributed by atoms with Crippen LogP contribution in [0, 0.1) is 20.9 Å². The molecule has 6 N–H and O–H groups in total. The van der Waals surface area contributed by atoms with Gasteiger partial charge >= 0.3 is 7.11 Å². The predicted octanol–water partition coefficient (Wildman–Crippen LogP) is -1.67. The smallest absolute Gasteiger partial charge is 0.423 e.